The number of hydrogen-bond donors (Lipinski definition) is 1. The second kappa shape index (κ2) is 7.29. The van der Waals surface area contributed by atoms with Gasteiger partial charge in [0.2, 0.25) is 11.8 Å². The monoisotopic (exact) mass is 359 g/mol. The summed E-state index contributed by atoms with van der Waals surface area (Å²) >= 11 is 0. The van der Waals surface area contributed by atoms with Gasteiger partial charge in [-0.05, 0) is 35.7 Å². The lowest BCUT2D eigenvalue weighted by Crippen LogP contribution is -2.20. The van der Waals surface area contributed by atoms with E-state index in [1.807, 2.05) is 54.6 Å². The third-order valence-electron chi connectivity index (χ3n) is 4.06. The van der Waals surface area contributed by atoms with Crippen molar-refractivity contribution >= 4 is 22.4 Å². The van der Waals surface area contributed by atoms with Gasteiger partial charge in [0.05, 0.1) is 0 Å². The molecule has 0 atom stereocenters. The molecule has 4 aromatic rings. The molecule has 4 rings (SSSR count). The van der Waals surface area contributed by atoms with Gasteiger partial charge >= 0.3 is 0 Å². The van der Waals surface area contributed by atoms with Crippen LogP contribution >= 0.6 is 0 Å². The van der Waals surface area contributed by atoms with E-state index in [-0.39, 0.29) is 12.5 Å². The standard InChI is InChI=1S/C21H17N3O3/c1-14-23-24-21(27-14)16-9-11-17(12-10-16)26-13-20(25)22-19-8-4-6-15-5-2-3-7-18(15)19/h2-12H,13H2,1H3,(H,22,25). The number of hydrogen-bond acceptors (Lipinski definition) is 5. The molecule has 0 spiro atoms. The van der Waals surface area contributed by atoms with E-state index >= 15 is 0 Å². The number of amides is 1. The van der Waals surface area contributed by atoms with E-state index < -0.39 is 0 Å². The van der Waals surface area contributed by atoms with Gasteiger partial charge in [-0.2, -0.15) is 0 Å². The molecular weight excluding hydrogens is 342 g/mol. The maximum absolute atomic E-state index is 12.3. The van der Waals surface area contributed by atoms with Crippen molar-refractivity contribution < 1.29 is 13.9 Å². The van der Waals surface area contributed by atoms with E-state index in [9.17, 15) is 4.79 Å². The number of nitrogens with one attached hydrogen (secondary N) is 1. The molecule has 1 N–H and O–H groups in total. The number of carbonyl (C=O) groups is 1. The lowest BCUT2D eigenvalue weighted by molar-refractivity contribution is -0.118. The van der Waals surface area contributed by atoms with Gasteiger partial charge in [-0.3, -0.25) is 4.79 Å². The Labute approximate surface area is 155 Å². The second-order valence-electron chi connectivity index (χ2n) is 6.01. The Morgan fingerprint density at radius 1 is 1.00 bits per heavy atom. The minimum atomic E-state index is -0.219. The van der Waals surface area contributed by atoms with Gasteiger partial charge in [0, 0.05) is 23.6 Å². The van der Waals surface area contributed by atoms with Gasteiger partial charge in [0.25, 0.3) is 5.91 Å². The van der Waals surface area contributed by atoms with Gasteiger partial charge in [-0.25, -0.2) is 0 Å². The molecule has 6 nitrogen and oxygen atoms in total. The molecule has 0 bridgehead atoms. The van der Waals surface area contributed by atoms with E-state index in [2.05, 4.69) is 15.5 Å². The summed E-state index contributed by atoms with van der Waals surface area (Å²) < 4.78 is 11.0. The minimum Gasteiger partial charge on any atom is -0.484 e. The largest absolute Gasteiger partial charge is 0.484 e. The van der Waals surface area contributed by atoms with Gasteiger partial charge in [0.15, 0.2) is 6.61 Å². The number of aryl methyl sites for hydroxylation is 1. The zero-order valence-electron chi connectivity index (χ0n) is 14.7. The Balaban J connectivity index is 1.39. The molecule has 1 amide bonds. The quantitative estimate of drug-likeness (QED) is 0.577. The number of nitrogens with zero attached hydrogens (tertiary/aromatic N) is 2. The normalized spacial score (nSPS) is 10.7. The third kappa shape index (κ3) is 3.79. The van der Waals surface area contributed by atoms with Crippen LogP contribution < -0.4 is 10.1 Å². The minimum absolute atomic E-state index is 0.0811. The lowest BCUT2D eigenvalue weighted by atomic mass is 10.1. The van der Waals surface area contributed by atoms with Crippen LogP contribution in [-0.2, 0) is 4.79 Å². The second-order valence-corrected chi connectivity index (χ2v) is 6.01. The Morgan fingerprint density at radius 3 is 2.56 bits per heavy atom. The van der Waals surface area contributed by atoms with E-state index in [0.717, 1.165) is 22.0 Å². The van der Waals surface area contributed by atoms with Gasteiger partial charge in [0.1, 0.15) is 5.75 Å². The van der Waals surface area contributed by atoms with Crippen molar-refractivity contribution in [1.82, 2.24) is 10.2 Å². The van der Waals surface area contributed by atoms with E-state index in [1.165, 1.54) is 0 Å². The summed E-state index contributed by atoms with van der Waals surface area (Å²) in [5.41, 5.74) is 1.56. The zero-order chi connectivity index (χ0) is 18.6. The molecule has 0 saturated carbocycles. The van der Waals surface area contributed by atoms with Crippen molar-refractivity contribution in [2.75, 3.05) is 11.9 Å². The molecule has 0 aliphatic rings. The first-order valence-corrected chi connectivity index (χ1v) is 8.50. The summed E-state index contributed by atoms with van der Waals surface area (Å²) in [6.45, 7) is 1.66. The van der Waals surface area contributed by atoms with Crippen LogP contribution in [0.2, 0.25) is 0 Å². The lowest BCUT2D eigenvalue weighted by Gasteiger charge is -2.10. The van der Waals surface area contributed by atoms with Crippen molar-refractivity contribution in [2.45, 2.75) is 6.92 Å². The fourth-order valence-electron chi connectivity index (χ4n) is 2.78. The molecule has 0 aliphatic heterocycles. The number of ether oxygens (including phenoxy) is 1. The fraction of sp³-hybridized carbons (Fsp3) is 0.0952. The first kappa shape index (κ1) is 16.8. The molecule has 0 saturated heterocycles. The van der Waals surface area contributed by atoms with Gasteiger partial charge < -0.3 is 14.5 Å². The van der Waals surface area contributed by atoms with Gasteiger partial charge in [-0.15, -0.1) is 10.2 Å². The highest BCUT2D eigenvalue weighted by atomic mass is 16.5. The molecule has 1 heterocycles. The summed E-state index contributed by atoms with van der Waals surface area (Å²) in [4.78, 5) is 12.3. The van der Waals surface area contributed by atoms with E-state index in [0.29, 0.717) is 17.5 Å². The van der Waals surface area contributed by atoms with Crippen LogP contribution in [0.4, 0.5) is 5.69 Å². The Bertz CT molecular complexity index is 1080. The highest BCUT2D eigenvalue weighted by molar-refractivity contribution is 6.02. The number of fused-ring (bicyclic) bond motifs is 1. The number of aromatic nitrogens is 2. The molecule has 6 heteroatoms. The van der Waals surface area contributed by atoms with E-state index in [1.54, 1.807) is 19.1 Å². The molecule has 1 aromatic heterocycles. The maximum Gasteiger partial charge on any atom is 0.262 e. The highest BCUT2D eigenvalue weighted by Gasteiger charge is 2.08. The van der Waals surface area contributed by atoms with E-state index in [4.69, 9.17) is 9.15 Å². The predicted octanol–water partition coefficient (Wildman–Crippen LogP) is 4.22. The fourth-order valence-corrected chi connectivity index (χ4v) is 2.78. The molecule has 3 aromatic carbocycles. The number of anilines is 1. The summed E-state index contributed by atoms with van der Waals surface area (Å²) in [6.07, 6.45) is 0. The average molecular weight is 359 g/mol. The Hall–Kier alpha value is -3.67. The SMILES string of the molecule is Cc1nnc(-c2ccc(OCC(=O)Nc3cccc4ccccc34)cc2)o1. The smallest absolute Gasteiger partial charge is 0.262 e. The third-order valence-corrected chi connectivity index (χ3v) is 4.06. The van der Waals surface area contributed by atoms with Crippen LogP contribution in [0.25, 0.3) is 22.2 Å². The Kier molecular flexibility index (Phi) is 4.53. The molecule has 134 valence electrons. The topological polar surface area (TPSA) is 77.2 Å². The number of rotatable bonds is 5. The van der Waals surface area contributed by atoms with Crippen LogP contribution in [0.3, 0.4) is 0 Å². The summed E-state index contributed by atoms with van der Waals surface area (Å²) in [7, 11) is 0. The first-order valence-electron chi connectivity index (χ1n) is 8.50. The van der Waals surface area contributed by atoms with Crippen molar-refractivity contribution in [3.63, 3.8) is 0 Å². The molecular formula is C21H17N3O3. The van der Waals surface area contributed by atoms with Crippen molar-refractivity contribution in [2.24, 2.45) is 0 Å². The maximum atomic E-state index is 12.3. The van der Waals surface area contributed by atoms with Crippen LogP contribution in [0, 0.1) is 6.92 Å². The van der Waals surface area contributed by atoms with Crippen molar-refractivity contribution in [1.29, 1.82) is 0 Å². The molecule has 0 radical (unpaired) electrons. The molecule has 0 unspecified atom stereocenters. The Morgan fingerprint density at radius 2 is 1.78 bits per heavy atom. The van der Waals surface area contributed by atoms with Gasteiger partial charge in [-0.1, -0.05) is 36.4 Å². The molecule has 0 aliphatic carbocycles. The summed E-state index contributed by atoms with van der Waals surface area (Å²) in [5, 5.41) is 12.7. The number of benzene rings is 3. The summed E-state index contributed by atoms with van der Waals surface area (Å²) in [5.74, 6) is 1.33. The molecule has 0 fully saturated rings. The van der Waals surface area contributed by atoms with Crippen LogP contribution in [0.1, 0.15) is 5.89 Å². The average Bonchev–Trinajstić information content (AvgIpc) is 3.13. The molecule has 27 heavy (non-hydrogen) atoms. The van der Waals surface area contributed by atoms with Crippen LogP contribution in [0.5, 0.6) is 5.75 Å². The highest BCUT2D eigenvalue weighted by Crippen LogP contribution is 2.23. The van der Waals surface area contributed by atoms with Crippen molar-refractivity contribution in [3.05, 3.63) is 72.6 Å². The van der Waals surface area contributed by atoms with Crippen LogP contribution in [0.15, 0.2) is 71.1 Å². The van der Waals surface area contributed by atoms with Crippen LogP contribution in [-0.4, -0.2) is 22.7 Å². The first-order chi connectivity index (χ1) is 13.2. The summed E-state index contributed by atoms with van der Waals surface area (Å²) in [6, 6.07) is 20.8. The zero-order valence-corrected chi connectivity index (χ0v) is 14.7. The van der Waals surface area contributed by atoms with Crippen molar-refractivity contribution in [3.8, 4) is 17.2 Å². The number of carbonyl (C=O) groups excluding carboxylic acids is 1. The predicted molar refractivity (Wildman–Crippen MR) is 103 cm³/mol.